The van der Waals surface area contributed by atoms with Gasteiger partial charge in [-0.2, -0.15) is 11.8 Å². The summed E-state index contributed by atoms with van der Waals surface area (Å²) >= 11 is 1.55. The summed E-state index contributed by atoms with van der Waals surface area (Å²) in [7, 11) is 0. The Morgan fingerprint density at radius 1 is 1.14 bits per heavy atom. The Kier molecular flexibility index (Phi) is 4.39. The second-order valence-electron chi connectivity index (χ2n) is 5.41. The summed E-state index contributed by atoms with van der Waals surface area (Å²) in [5.74, 6) is 0.0485. The molecule has 2 aromatic carbocycles. The summed E-state index contributed by atoms with van der Waals surface area (Å²) in [5, 5.41) is 3.01. The predicted octanol–water partition coefficient (Wildman–Crippen LogP) is 4.07. The van der Waals surface area contributed by atoms with Gasteiger partial charge in [0, 0.05) is 12.2 Å². The zero-order valence-electron chi connectivity index (χ0n) is 12.9. The first-order valence-corrected chi connectivity index (χ1v) is 8.77. The SMILES string of the molecule is CSC(C)C(=O)Nc1ccccc1N1CCc2ccccc21. The zero-order chi connectivity index (χ0) is 15.5. The van der Waals surface area contributed by atoms with Gasteiger partial charge in [0.05, 0.1) is 16.6 Å². The second-order valence-corrected chi connectivity index (χ2v) is 6.59. The first-order chi connectivity index (χ1) is 10.7. The molecule has 0 fully saturated rings. The summed E-state index contributed by atoms with van der Waals surface area (Å²) in [4.78, 5) is 14.5. The minimum Gasteiger partial charge on any atom is -0.339 e. The predicted molar refractivity (Wildman–Crippen MR) is 95.2 cm³/mol. The molecule has 0 aromatic heterocycles. The molecule has 1 aliphatic rings. The van der Waals surface area contributed by atoms with Gasteiger partial charge in [0.15, 0.2) is 0 Å². The van der Waals surface area contributed by atoms with Gasteiger partial charge < -0.3 is 10.2 Å². The molecule has 0 bridgehead atoms. The largest absolute Gasteiger partial charge is 0.339 e. The van der Waals surface area contributed by atoms with Crippen LogP contribution in [0.15, 0.2) is 48.5 Å². The van der Waals surface area contributed by atoms with Crippen LogP contribution in [0.25, 0.3) is 0 Å². The van der Waals surface area contributed by atoms with E-state index in [1.807, 2.05) is 31.4 Å². The number of benzene rings is 2. The highest BCUT2D eigenvalue weighted by Crippen LogP contribution is 2.38. The molecule has 4 heteroatoms. The van der Waals surface area contributed by atoms with E-state index in [0.29, 0.717) is 0 Å². The average molecular weight is 312 g/mol. The Morgan fingerprint density at radius 2 is 1.82 bits per heavy atom. The van der Waals surface area contributed by atoms with E-state index in [4.69, 9.17) is 0 Å². The molecular formula is C18H20N2OS. The van der Waals surface area contributed by atoms with Crippen molar-refractivity contribution in [2.75, 3.05) is 23.0 Å². The van der Waals surface area contributed by atoms with E-state index in [1.54, 1.807) is 11.8 Å². The molecular weight excluding hydrogens is 292 g/mol. The number of hydrogen-bond acceptors (Lipinski definition) is 3. The molecule has 0 saturated carbocycles. The highest BCUT2D eigenvalue weighted by Gasteiger charge is 2.22. The van der Waals surface area contributed by atoms with E-state index in [9.17, 15) is 4.79 Å². The van der Waals surface area contributed by atoms with E-state index < -0.39 is 0 Å². The van der Waals surface area contributed by atoms with Crippen molar-refractivity contribution >= 4 is 34.7 Å². The lowest BCUT2D eigenvalue weighted by Gasteiger charge is -2.23. The number of carbonyl (C=O) groups is 1. The number of anilines is 3. The van der Waals surface area contributed by atoms with E-state index >= 15 is 0 Å². The van der Waals surface area contributed by atoms with Crippen LogP contribution in [0, 0.1) is 0 Å². The quantitative estimate of drug-likeness (QED) is 0.923. The fraction of sp³-hybridized carbons (Fsp3) is 0.278. The van der Waals surface area contributed by atoms with Gasteiger partial charge in [0.25, 0.3) is 0 Å². The molecule has 22 heavy (non-hydrogen) atoms. The highest BCUT2D eigenvalue weighted by atomic mass is 32.2. The summed E-state index contributed by atoms with van der Waals surface area (Å²) < 4.78 is 0. The summed E-state index contributed by atoms with van der Waals surface area (Å²) in [6, 6.07) is 16.5. The lowest BCUT2D eigenvalue weighted by molar-refractivity contribution is -0.115. The van der Waals surface area contributed by atoms with E-state index in [0.717, 1.165) is 24.3 Å². The molecule has 1 N–H and O–H groups in total. The molecule has 1 aliphatic heterocycles. The van der Waals surface area contributed by atoms with Crippen LogP contribution < -0.4 is 10.2 Å². The van der Waals surface area contributed by atoms with Gasteiger partial charge in [0.2, 0.25) is 5.91 Å². The highest BCUT2D eigenvalue weighted by molar-refractivity contribution is 7.99. The van der Waals surface area contributed by atoms with Crippen LogP contribution >= 0.6 is 11.8 Å². The fourth-order valence-electron chi connectivity index (χ4n) is 2.74. The van der Waals surface area contributed by atoms with Crippen LogP contribution in [0.2, 0.25) is 0 Å². The van der Waals surface area contributed by atoms with Crippen molar-refractivity contribution in [1.29, 1.82) is 0 Å². The lowest BCUT2D eigenvalue weighted by atomic mass is 10.1. The number of nitrogens with one attached hydrogen (secondary N) is 1. The molecule has 1 unspecified atom stereocenters. The Balaban J connectivity index is 1.91. The Hall–Kier alpha value is -1.94. The molecule has 0 aliphatic carbocycles. The van der Waals surface area contributed by atoms with Gasteiger partial charge >= 0.3 is 0 Å². The fourth-order valence-corrected chi connectivity index (χ4v) is 3.02. The third kappa shape index (κ3) is 2.83. The summed E-state index contributed by atoms with van der Waals surface area (Å²) in [6.07, 6.45) is 2.99. The van der Waals surface area contributed by atoms with Gasteiger partial charge in [-0.1, -0.05) is 30.3 Å². The second kappa shape index (κ2) is 6.44. The van der Waals surface area contributed by atoms with Crippen LogP contribution in [-0.4, -0.2) is 24.0 Å². The molecule has 3 rings (SSSR count). The van der Waals surface area contributed by atoms with Crippen molar-refractivity contribution in [3.05, 3.63) is 54.1 Å². The van der Waals surface area contributed by atoms with Crippen LogP contribution in [0.3, 0.4) is 0 Å². The Bertz CT molecular complexity index is 686. The smallest absolute Gasteiger partial charge is 0.237 e. The lowest BCUT2D eigenvalue weighted by Crippen LogP contribution is -2.24. The van der Waals surface area contributed by atoms with Crippen LogP contribution in [-0.2, 0) is 11.2 Å². The number of carbonyl (C=O) groups excluding carboxylic acids is 1. The van der Waals surface area contributed by atoms with Crippen molar-refractivity contribution in [1.82, 2.24) is 0 Å². The first kappa shape index (κ1) is 15.0. The normalized spacial score (nSPS) is 14.5. The molecule has 1 amide bonds. The Labute approximate surface area is 135 Å². The number of rotatable bonds is 4. The van der Waals surface area contributed by atoms with Crippen LogP contribution in [0.4, 0.5) is 17.1 Å². The molecule has 1 atom stereocenters. The number of hydrogen-bond donors (Lipinski definition) is 1. The molecule has 2 aromatic rings. The number of amides is 1. The molecule has 0 radical (unpaired) electrons. The van der Waals surface area contributed by atoms with Crippen molar-refractivity contribution < 1.29 is 4.79 Å². The molecule has 1 heterocycles. The van der Waals surface area contributed by atoms with E-state index in [-0.39, 0.29) is 11.2 Å². The van der Waals surface area contributed by atoms with Gasteiger partial charge in [0.1, 0.15) is 0 Å². The number of thioether (sulfide) groups is 1. The third-order valence-corrected chi connectivity index (χ3v) is 4.98. The van der Waals surface area contributed by atoms with Crippen molar-refractivity contribution in [3.8, 4) is 0 Å². The topological polar surface area (TPSA) is 32.3 Å². The van der Waals surface area contributed by atoms with E-state index in [1.165, 1.54) is 11.3 Å². The van der Waals surface area contributed by atoms with Gasteiger partial charge in [-0.05, 0) is 43.4 Å². The maximum Gasteiger partial charge on any atom is 0.237 e. The van der Waals surface area contributed by atoms with Crippen molar-refractivity contribution in [3.63, 3.8) is 0 Å². The van der Waals surface area contributed by atoms with Crippen molar-refractivity contribution in [2.24, 2.45) is 0 Å². The Morgan fingerprint density at radius 3 is 2.59 bits per heavy atom. The zero-order valence-corrected chi connectivity index (χ0v) is 13.7. The number of para-hydroxylation sites is 3. The molecule has 3 nitrogen and oxygen atoms in total. The van der Waals surface area contributed by atoms with Gasteiger partial charge in [-0.15, -0.1) is 0 Å². The summed E-state index contributed by atoms with van der Waals surface area (Å²) in [6.45, 7) is 2.87. The molecule has 114 valence electrons. The third-order valence-electron chi connectivity index (χ3n) is 4.06. The van der Waals surface area contributed by atoms with Crippen LogP contribution in [0.5, 0.6) is 0 Å². The minimum atomic E-state index is -0.0566. The average Bonchev–Trinajstić information content (AvgIpc) is 2.98. The minimum absolute atomic E-state index is 0.0485. The monoisotopic (exact) mass is 312 g/mol. The van der Waals surface area contributed by atoms with E-state index in [2.05, 4.69) is 40.5 Å². The standard InChI is InChI=1S/C18H20N2OS/c1-13(22-2)18(21)19-15-8-4-6-10-17(15)20-12-11-14-7-3-5-9-16(14)20/h3-10,13H,11-12H2,1-2H3,(H,19,21). The van der Waals surface area contributed by atoms with Gasteiger partial charge in [-0.25, -0.2) is 0 Å². The maximum atomic E-state index is 12.2. The number of nitrogens with zero attached hydrogens (tertiary/aromatic N) is 1. The summed E-state index contributed by atoms with van der Waals surface area (Å²) in [5.41, 5.74) is 4.54. The first-order valence-electron chi connectivity index (χ1n) is 7.49. The van der Waals surface area contributed by atoms with Gasteiger partial charge in [-0.3, -0.25) is 4.79 Å². The van der Waals surface area contributed by atoms with Crippen molar-refractivity contribution in [2.45, 2.75) is 18.6 Å². The molecule has 0 spiro atoms. The number of fused-ring (bicyclic) bond motifs is 1. The van der Waals surface area contributed by atoms with Crippen LogP contribution in [0.1, 0.15) is 12.5 Å². The molecule has 0 saturated heterocycles. The maximum absolute atomic E-state index is 12.2.